The predicted molar refractivity (Wildman–Crippen MR) is 149 cm³/mol. The molecule has 218 valence electrons. The summed E-state index contributed by atoms with van der Waals surface area (Å²) in [5, 5.41) is 5.03. The first-order chi connectivity index (χ1) is 18.8. The number of aromatic nitrogens is 3. The van der Waals surface area contributed by atoms with E-state index in [0.29, 0.717) is 5.69 Å². The van der Waals surface area contributed by atoms with Crippen molar-refractivity contribution in [3.05, 3.63) is 52.9 Å². The van der Waals surface area contributed by atoms with Gasteiger partial charge in [0, 0.05) is 29.5 Å². The molecule has 3 atom stereocenters. The smallest absolute Gasteiger partial charge is 0.541 e. The van der Waals surface area contributed by atoms with Crippen LogP contribution in [0.3, 0.4) is 0 Å². The second-order valence-electron chi connectivity index (χ2n) is 10.4. The Bertz CT molecular complexity index is 1380. The molecule has 0 saturated heterocycles. The summed E-state index contributed by atoms with van der Waals surface area (Å²) in [4.78, 5) is 16.6. The van der Waals surface area contributed by atoms with Crippen LogP contribution in [-0.2, 0) is 10.2 Å². The van der Waals surface area contributed by atoms with E-state index < -0.39 is 35.4 Å². The summed E-state index contributed by atoms with van der Waals surface area (Å²) in [5.74, 6) is -4.54. The van der Waals surface area contributed by atoms with Crippen LogP contribution in [0.5, 0.6) is 0 Å². The SMILES string of the molecule is CC.CC1(C(F)(F)F)CN(c2ccc(C3C(F)(F)C3(C)[C-]=O)cc2)c2cnc3cc(Cl)nn3c21.CSC1CCC1.[Na+]. The van der Waals surface area contributed by atoms with Gasteiger partial charge in [-0.05, 0) is 43.7 Å². The molecule has 1 aliphatic heterocycles. The number of rotatable bonds is 4. The van der Waals surface area contributed by atoms with Crippen molar-refractivity contribution in [2.75, 3.05) is 17.7 Å². The number of nitrogens with zero attached hydrogens (tertiary/aromatic N) is 4. The second kappa shape index (κ2) is 12.3. The zero-order valence-corrected chi connectivity index (χ0v) is 27.4. The molecule has 2 aromatic heterocycles. The Morgan fingerprint density at radius 2 is 1.73 bits per heavy atom. The molecular formula is C28H31ClF5N4NaOS. The quantitative estimate of drug-likeness (QED) is 0.229. The van der Waals surface area contributed by atoms with Gasteiger partial charge in [-0.2, -0.15) is 30.0 Å². The van der Waals surface area contributed by atoms with E-state index in [2.05, 4.69) is 16.3 Å². The van der Waals surface area contributed by atoms with Gasteiger partial charge in [-0.3, -0.25) is 6.29 Å². The first-order valence-corrected chi connectivity index (χ1v) is 14.7. The number of benzene rings is 1. The van der Waals surface area contributed by atoms with Crippen LogP contribution in [-0.4, -0.2) is 51.0 Å². The summed E-state index contributed by atoms with van der Waals surface area (Å²) in [6.07, 6.45) is 4.75. The molecule has 0 N–H and O–H groups in total. The number of hydrogen-bond donors (Lipinski definition) is 0. The van der Waals surface area contributed by atoms with Gasteiger partial charge in [0.2, 0.25) is 5.92 Å². The molecule has 41 heavy (non-hydrogen) atoms. The van der Waals surface area contributed by atoms with Crippen LogP contribution in [0.25, 0.3) is 5.65 Å². The fraction of sp³-hybridized carbons (Fsp3) is 0.536. The Morgan fingerprint density at radius 1 is 1.12 bits per heavy atom. The fourth-order valence-corrected chi connectivity index (χ4v) is 6.17. The van der Waals surface area contributed by atoms with Crippen LogP contribution in [0.15, 0.2) is 36.5 Å². The van der Waals surface area contributed by atoms with Crippen molar-refractivity contribution >= 4 is 46.7 Å². The maximum atomic E-state index is 14.2. The first kappa shape index (κ1) is 34.1. The average Bonchev–Trinajstić information content (AvgIpc) is 3.16. The van der Waals surface area contributed by atoms with Crippen molar-refractivity contribution in [3.63, 3.8) is 0 Å². The molecule has 3 aromatic rings. The van der Waals surface area contributed by atoms with Crippen LogP contribution in [0.2, 0.25) is 5.15 Å². The first-order valence-electron chi connectivity index (χ1n) is 13.1. The van der Waals surface area contributed by atoms with Gasteiger partial charge in [-0.25, -0.2) is 18.3 Å². The topological polar surface area (TPSA) is 50.5 Å². The molecule has 3 unspecified atom stereocenters. The molecular weight excluding hydrogens is 594 g/mol. The van der Waals surface area contributed by atoms with Crippen LogP contribution in [0.1, 0.15) is 64.1 Å². The summed E-state index contributed by atoms with van der Waals surface area (Å²) in [6, 6.07) is 7.08. The number of hydrogen-bond acceptors (Lipinski definition) is 5. The van der Waals surface area contributed by atoms with E-state index in [0.717, 1.165) is 23.6 Å². The summed E-state index contributed by atoms with van der Waals surface area (Å²) in [7, 11) is 0. The molecule has 5 nitrogen and oxygen atoms in total. The van der Waals surface area contributed by atoms with Crippen molar-refractivity contribution in [1.29, 1.82) is 0 Å². The zero-order chi connectivity index (χ0) is 29.7. The Hall–Kier alpha value is -1.40. The summed E-state index contributed by atoms with van der Waals surface area (Å²) >= 11 is 7.91. The monoisotopic (exact) mass is 624 g/mol. The molecule has 3 heterocycles. The molecule has 2 fully saturated rings. The van der Waals surface area contributed by atoms with E-state index in [4.69, 9.17) is 11.6 Å². The molecule has 0 spiro atoms. The molecule has 13 heteroatoms. The van der Waals surface area contributed by atoms with Gasteiger partial charge >= 0.3 is 35.7 Å². The van der Waals surface area contributed by atoms with E-state index in [1.54, 1.807) is 0 Å². The van der Waals surface area contributed by atoms with Crippen LogP contribution in [0, 0.1) is 5.41 Å². The zero-order valence-electron chi connectivity index (χ0n) is 23.8. The van der Waals surface area contributed by atoms with Crippen LogP contribution < -0.4 is 34.5 Å². The van der Waals surface area contributed by atoms with E-state index in [1.807, 2.05) is 25.6 Å². The van der Waals surface area contributed by atoms with Gasteiger partial charge in [-0.15, -0.1) is 0 Å². The summed E-state index contributed by atoms with van der Waals surface area (Å²) < 4.78 is 71.8. The molecule has 2 saturated carbocycles. The molecule has 2 aliphatic carbocycles. The second-order valence-corrected chi connectivity index (χ2v) is 11.9. The van der Waals surface area contributed by atoms with E-state index in [9.17, 15) is 26.7 Å². The van der Waals surface area contributed by atoms with Crippen molar-refractivity contribution in [1.82, 2.24) is 14.6 Å². The molecule has 6 rings (SSSR count). The maximum absolute atomic E-state index is 14.2. The number of thioether (sulfide) groups is 1. The van der Waals surface area contributed by atoms with Crippen molar-refractivity contribution in [3.8, 4) is 0 Å². The Balaban J connectivity index is 0.000000451. The van der Waals surface area contributed by atoms with Gasteiger partial charge in [0.1, 0.15) is 5.41 Å². The summed E-state index contributed by atoms with van der Waals surface area (Å²) in [5.41, 5.74) is -3.35. The Kier molecular flexibility index (Phi) is 10.2. The molecule has 3 aliphatic rings. The normalized spacial score (nSPS) is 26.0. The van der Waals surface area contributed by atoms with Crippen LogP contribution >= 0.6 is 23.4 Å². The Morgan fingerprint density at radius 3 is 2.17 bits per heavy atom. The van der Waals surface area contributed by atoms with Crippen molar-refractivity contribution in [2.24, 2.45) is 5.41 Å². The van der Waals surface area contributed by atoms with E-state index >= 15 is 0 Å². The minimum Gasteiger partial charge on any atom is -0.541 e. The molecule has 0 bridgehead atoms. The van der Waals surface area contributed by atoms with Gasteiger partial charge in [0.15, 0.2) is 10.8 Å². The number of carbonyl (C=O) groups excluding carboxylic acids is 1. The van der Waals surface area contributed by atoms with E-state index in [-0.39, 0.29) is 57.3 Å². The molecule has 1 aromatic carbocycles. The average molecular weight is 625 g/mol. The number of anilines is 2. The third kappa shape index (κ3) is 5.66. The van der Waals surface area contributed by atoms with Crippen molar-refractivity contribution in [2.45, 2.75) is 75.6 Å². The summed E-state index contributed by atoms with van der Waals surface area (Å²) in [6.45, 7) is 5.75. The predicted octanol–water partition coefficient (Wildman–Crippen LogP) is 5.14. The number of fused-ring (bicyclic) bond motifs is 3. The molecule has 0 amide bonds. The standard InChI is InChI=1S/C21H15ClF5N4O.C5H10S.C2H6.Na/c1-18(21(25,26)27)9-30(13-8-28-15-7-14(22)29-31(15)17(13)18)12-5-3-11(4-6-12)16-19(2,10-32)20(16,23)24;1-6-5-3-2-4-5;1-2;/h3-8,16H,9H2,1-2H3;5H,2-4H2,1H3;1-2H3;/q-1;;;+1. The third-order valence-electron chi connectivity index (χ3n) is 8.03. The Labute approximate surface area is 267 Å². The van der Waals surface area contributed by atoms with E-state index in [1.165, 1.54) is 67.0 Å². The third-order valence-corrected chi connectivity index (χ3v) is 9.36. The van der Waals surface area contributed by atoms with Gasteiger partial charge in [0.05, 0.1) is 17.6 Å². The van der Waals surface area contributed by atoms with Crippen LogP contribution in [0.4, 0.5) is 33.3 Å². The van der Waals surface area contributed by atoms with Gasteiger partial charge in [-0.1, -0.05) is 56.3 Å². The largest absolute Gasteiger partial charge is 1.00 e. The number of halogens is 6. The fourth-order valence-electron chi connectivity index (χ4n) is 5.19. The minimum atomic E-state index is -4.61. The van der Waals surface area contributed by atoms with Gasteiger partial charge in [0.25, 0.3) is 0 Å². The van der Waals surface area contributed by atoms with Crippen molar-refractivity contribution < 1.29 is 56.3 Å². The maximum Gasteiger partial charge on any atom is 1.00 e. The van der Waals surface area contributed by atoms with Gasteiger partial charge < -0.3 is 9.69 Å². The molecule has 0 radical (unpaired) electrons. The number of alkyl halides is 5. The minimum absolute atomic E-state index is 0.